The van der Waals surface area contributed by atoms with Gasteiger partial charge in [0.1, 0.15) is 0 Å². The summed E-state index contributed by atoms with van der Waals surface area (Å²) in [5, 5.41) is 3.35. The van der Waals surface area contributed by atoms with Crippen LogP contribution >= 0.6 is 0 Å². The number of nitrogens with zero attached hydrogens (tertiary/aromatic N) is 2. The Balaban J connectivity index is 2.36. The third-order valence-electron chi connectivity index (χ3n) is 3.46. The minimum atomic E-state index is -0.0526. The molecule has 0 bridgehead atoms. The number of carbonyl (C=O) groups is 1. The molecule has 1 heterocycles. The number of likely N-dealkylation sites (tertiary alicyclic amines) is 1. The number of piperidine rings is 1. The van der Waals surface area contributed by atoms with Gasteiger partial charge in [0.2, 0.25) is 0 Å². The van der Waals surface area contributed by atoms with Crippen molar-refractivity contribution in [2.75, 3.05) is 33.3 Å². The van der Waals surface area contributed by atoms with Crippen molar-refractivity contribution in [3.05, 3.63) is 12.2 Å². The second-order valence-corrected chi connectivity index (χ2v) is 4.85. The van der Waals surface area contributed by atoms with Crippen molar-refractivity contribution in [1.82, 2.24) is 10.2 Å². The molecule has 1 aliphatic heterocycles. The average molecular weight is 281 g/mol. The highest BCUT2D eigenvalue weighted by Gasteiger charge is 2.27. The minimum Gasteiger partial charge on any atom is -0.466 e. The molecule has 0 aromatic heterocycles. The zero-order valence-corrected chi connectivity index (χ0v) is 12.9. The predicted octanol–water partition coefficient (Wildman–Crippen LogP) is 1.80. The van der Waals surface area contributed by atoms with Gasteiger partial charge in [-0.25, -0.2) is 0 Å². The molecule has 1 fully saturated rings. The molecular weight excluding hydrogens is 254 g/mol. The molecule has 20 heavy (non-hydrogen) atoms. The number of nitrogens with one attached hydrogen (secondary N) is 1. The molecule has 0 aromatic carbocycles. The maximum atomic E-state index is 11.7. The van der Waals surface area contributed by atoms with Crippen molar-refractivity contribution >= 4 is 11.9 Å². The summed E-state index contributed by atoms with van der Waals surface area (Å²) < 4.78 is 5.08. The van der Waals surface area contributed by atoms with Crippen molar-refractivity contribution < 1.29 is 9.53 Å². The number of guanidine groups is 1. The van der Waals surface area contributed by atoms with Crippen LogP contribution in [0, 0.1) is 5.92 Å². The van der Waals surface area contributed by atoms with Gasteiger partial charge in [-0.3, -0.25) is 9.79 Å². The van der Waals surface area contributed by atoms with Crippen LogP contribution in [0.2, 0.25) is 0 Å². The fourth-order valence-corrected chi connectivity index (χ4v) is 2.35. The fourth-order valence-electron chi connectivity index (χ4n) is 2.35. The maximum Gasteiger partial charge on any atom is 0.309 e. The Morgan fingerprint density at radius 1 is 1.45 bits per heavy atom. The third-order valence-corrected chi connectivity index (χ3v) is 3.46. The highest BCUT2D eigenvalue weighted by atomic mass is 16.5. The van der Waals surface area contributed by atoms with Gasteiger partial charge >= 0.3 is 5.97 Å². The summed E-state index contributed by atoms with van der Waals surface area (Å²) in [6, 6.07) is 0. The second-order valence-electron chi connectivity index (χ2n) is 4.85. The summed E-state index contributed by atoms with van der Waals surface area (Å²) in [4.78, 5) is 18.2. The van der Waals surface area contributed by atoms with Gasteiger partial charge < -0.3 is 15.0 Å². The van der Waals surface area contributed by atoms with Crippen molar-refractivity contribution in [2.45, 2.75) is 33.1 Å². The van der Waals surface area contributed by atoms with Crippen LogP contribution in [0.25, 0.3) is 0 Å². The minimum absolute atomic E-state index is 0.0485. The van der Waals surface area contributed by atoms with Crippen molar-refractivity contribution in [1.29, 1.82) is 0 Å². The van der Waals surface area contributed by atoms with E-state index in [0.29, 0.717) is 6.61 Å². The van der Waals surface area contributed by atoms with Crippen LogP contribution in [0.5, 0.6) is 0 Å². The average Bonchev–Trinajstić information content (AvgIpc) is 2.48. The van der Waals surface area contributed by atoms with Gasteiger partial charge in [-0.05, 0) is 33.1 Å². The molecule has 1 rings (SSSR count). The Bertz CT molecular complexity index is 345. The SMILES string of the molecule is C/C=C/CCNC(=NC)N1CCC(C(=O)OCC)CC1. The van der Waals surface area contributed by atoms with E-state index >= 15 is 0 Å². The normalized spacial score (nSPS) is 17.6. The number of ether oxygens (including phenoxy) is 1. The summed E-state index contributed by atoms with van der Waals surface area (Å²) in [6.45, 7) is 6.93. The summed E-state index contributed by atoms with van der Waals surface area (Å²) in [6.07, 6.45) is 6.86. The molecule has 0 radical (unpaired) electrons. The van der Waals surface area contributed by atoms with E-state index in [1.54, 1.807) is 7.05 Å². The van der Waals surface area contributed by atoms with Crippen molar-refractivity contribution in [3.63, 3.8) is 0 Å². The molecule has 1 saturated heterocycles. The Hall–Kier alpha value is -1.52. The zero-order valence-electron chi connectivity index (χ0n) is 12.9. The van der Waals surface area contributed by atoms with E-state index in [2.05, 4.69) is 27.4 Å². The third kappa shape index (κ3) is 5.23. The molecule has 0 unspecified atom stereocenters. The zero-order chi connectivity index (χ0) is 14.8. The predicted molar refractivity (Wildman–Crippen MR) is 81.7 cm³/mol. The molecule has 5 heteroatoms. The van der Waals surface area contributed by atoms with E-state index in [0.717, 1.165) is 44.9 Å². The van der Waals surface area contributed by atoms with Crippen LogP contribution in [0.1, 0.15) is 33.1 Å². The van der Waals surface area contributed by atoms with Crippen LogP contribution in [0.3, 0.4) is 0 Å². The van der Waals surface area contributed by atoms with E-state index in [1.165, 1.54) is 0 Å². The van der Waals surface area contributed by atoms with Gasteiger partial charge in [-0.15, -0.1) is 0 Å². The first-order valence-corrected chi connectivity index (χ1v) is 7.46. The molecule has 0 aliphatic carbocycles. The second kappa shape index (κ2) is 9.39. The molecule has 0 atom stereocenters. The summed E-state index contributed by atoms with van der Waals surface area (Å²) >= 11 is 0. The fraction of sp³-hybridized carbons (Fsp3) is 0.733. The van der Waals surface area contributed by atoms with Crippen LogP contribution in [0.15, 0.2) is 17.1 Å². The molecule has 114 valence electrons. The van der Waals surface area contributed by atoms with E-state index in [9.17, 15) is 4.79 Å². The molecule has 0 aromatic rings. The van der Waals surface area contributed by atoms with Gasteiger partial charge in [0, 0.05) is 26.7 Å². The quantitative estimate of drug-likeness (QED) is 0.274. The summed E-state index contributed by atoms with van der Waals surface area (Å²) in [7, 11) is 1.80. The van der Waals surface area contributed by atoms with Gasteiger partial charge in [0.25, 0.3) is 0 Å². The number of rotatable bonds is 5. The number of aliphatic imine (C=N–C) groups is 1. The molecule has 0 saturated carbocycles. The highest BCUT2D eigenvalue weighted by Crippen LogP contribution is 2.18. The number of hydrogen-bond acceptors (Lipinski definition) is 3. The van der Waals surface area contributed by atoms with Crippen molar-refractivity contribution in [3.8, 4) is 0 Å². The Labute approximate surface area is 122 Å². The number of allylic oxidation sites excluding steroid dienone is 1. The Morgan fingerprint density at radius 2 is 2.15 bits per heavy atom. The van der Waals surface area contributed by atoms with Crippen molar-refractivity contribution in [2.24, 2.45) is 10.9 Å². The number of esters is 1. The van der Waals surface area contributed by atoms with Gasteiger partial charge in [-0.2, -0.15) is 0 Å². The van der Waals surface area contributed by atoms with Gasteiger partial charge in [0.05, 0.1) is 12.5 Å². The molecule has 0 spiro atoms. The molecule has 5 nitrogen and oxygen atoms in total. The summed E-state index contributed by atoms with van der Waals surface area (Å²) in [5.41, 5.74) is 0. The molecular formula is C15H27N3O2. The van der Waals surface area contributed by atoms with Crippen LogP contribution in [-0.2, 0) is 9.53 Å². The number of carbonyl (C=O) groups excluding carboxylic acids is 1. The van der Waals surface area contributed by atoms with E-state index in [-0.39, 0.29) is 11.9 Å². The lowest BCUT2D eigenvalue weighted by Crippen LogP contribution is -2.46. The monoisotopic (exact) mass is 281 g/mol. The van der Waals surface area contributed by atoms with Crippen LogP contribution in [-0.4, -0.2) is 50.1 Å². The first-order valence-electron chi connectivity index (χ1n) is 7.46. The van der Waals surface area contributed by atoms with E-state index in [4.69, 9.17) is 4.74 Å². The van der Waals surface area contributed by atoms with E-state index in [1.807, 2.05) is 13.8 Å². The largest absolute Gasteiger partial charge is 0.466 e. The lowest BCUT2D eigenvalue weighted by Gasteiger charge is -2.33. The van der Waals surface area contributed by atoms with Crippen LogP contribution in [0.4, 0.5) is 0 Å². The topological polar surface area (TPSA) is 53.9 Å². The van der Waals surface area contributed by atoms with Crippen LogP contribution < -0.4 is 5.32 Å². The standard InChI is InChI=1S/C15H27N3O2/c1-4-6-7-10-17-15(16-3)18-11-8-13(9-12-18)14(19)20-5-2/h4,6,13H,5,7-12H2,1-3H3,(H,16,17)/b6-4+. The summed E-state index contributed by atoms with van der Waals surface area (Å²) in [5.74, 6) is 0.923. The lowest BCUT2D eigenvalue weighted by atomic mass is 9.97. The molecule has 1 N–H and O–H groups in total. The first-order chi connectivity index (χ1) is 9.72. The molecule has 0 amide bonds. The smallest absolute Gasteiger partial charge is 0.309 e. The van der Waals surface area contributed by atoms with E-state index < -0.39 is 0 Å². The lowest BCUT2D eigenvalue weighted by molar-refractivity contribution is -0.149. The first kappa shape index (κ1) is 16.5. The van der Waals surface area contributed by atoms with Gasteiger partial charge in [0.15, 0.2) is 5.96 Å². The number of hydrogen-bond donors (Lipinski definition) is 1. The molecule has 1 aliphatic rings. The maximum absolute atomic E-state index is 11.7. The Morgan fingerprint density at radius 3 is 2.70 bits per heavy atom. The highest BCUT2D eigenvalue weighted by molar-refractivity contribution is 5.80. The van der Waals surface area contributed by atoms with Gasteiger partial charge in [-0.1, -0.05) is 12.2 Å². The Kier molecular flexibility index (Phi) is 7.77.